The van der Waals surface area contributed by atoms with Gasteiger partial charge >= 0.3 is 0 Å². The first-order valence-corrected chi connectivity index (χ1v) is 5.95. The van der Waals surface area contributed by atoms with Crippen molar-refractivity contribution in [2.24, 2.45) is 5.92 Å². The quantitative estimate of drug-likeness (QED) is 0.803. The second-order valence-corrected chi connectivity index (χ2v) is 4.66. The highest BCUT2D eigenvalue weighted by atomic mass is 19.2. The number of nitrogens with one attached hydrogen (secondary N) is 1. The Morgan fingerprint density at radius 1 is 1.29 bits per heavy atom. The van der Waals surface area contributed by atoms with E-state index in [0.717, 1.165) is 6.42 Å². The van der Waals surface area contributed by atoms with Gasteiger partial charge in [0.15, 0.2) is 11.6 Å². The molecule has 0 heterocycles. The van der Waals surface area contributed by atoms with Crippen molar-refractivity contribution >= 4 is 0 Å². The van der Waals surface area contributed by atoms with Gasteiger partial charge in [-0.05, 0) is 30.9 Å². The largest absolute Gasteiger partial charge is 0.310 e. The van der Waals surface area contributed by atoms with Gasteiger partial charge in [-0.25, -0.2) is 13.2 Å². The molecule has 0 fully saturated rings. The lowest BCUT2D eigenvalue weighted by molar-refractivity contribution is 0.399. The van der Waals surface area contributed by atoms with Gasteiger partial charge in [0.1, 0.15) is 5.82 Å². The molecular weight excluding hydrogens is 227 g/mol. The Bertz CT molecular complexity index is 431. The number of halogens is 3. The fourth-order valence-corrected chi connectivity index (χ4v) is 2.51. The van der Waals surface area contributed by atoms with Crippen molar-refractivity contribution in [1.82, 2.24) is 5.32 Å². The van der Waals surface area contributed by atoms with Gasteiger partial charge in [-0.3, -0.25) is 0 Å². The standard InChI is InChI=1S/C13H16F3N/c1-3-4-17-13-7(2)5-8-9(14)6-10(15)12(16)11(8)13/h6-7,13,17H,3-5H2,1-2H3. The van der Waals surface area contributed by atoms with Gasteiger partial charge in [-0.2, -0.15) is 0 Å². The van der Waals surface area contributed by atoms with E-state index in [2.05, 4.69) is 5.32 Å². The molecular formula is C13H16F3N. The van der Waals surface area contributed by atoms with Crippen LogP contribution in [0.5, 0.6) is 0 Å². The van der Waals surface area contributed by atoms with Crippen molar-refractivity contribution in [2.45, 2.75) is 32.7 Å². The van der Waals surface area contributed by atoms with E-state index in [1.54, 1.807) is 0 Å². The molecule has 0 aliphatic heterocycles. The molecule has 1 aliphatic rings. The highest BCUT2D eigenvalue weighted by Crippen LogP contribution is 2.39. The van der Waals surface area contributed by atoms with Crippen molar-refractivity contribution in [3.05, 3.63) is 34.6 Å². The summed E-state index contributed by atoms with van der Waals surface area (Å²) in [4.78, 5) is 0. The maximum atomic E-state index is 13.8. The van der Waals surface area contributed by atoms with Crippen LogP contribution in [0.25, 0.3) is 0 Å². The molecule has 17 heavy (non-hydrogen) atoms. The molecule has 0 amide bonds. The Morgan fingerprint density at radius 3 is 2.65 bits per heavy atom. The van der Waals surface area contributed by atoms with Crippen LogP contribution in [0.3, 0.4) is 0 Å². The molecule has 0 aromatic heterocycles. The Kier molecular flexibility index (Phi) is 3.43. The molecule has 1 aliphatic carbocycles. The van der Waals surface area contributed by atoms with Crippen LogP contribution in [-0.4, -0.2) is 6.54 Å². The highest BCUT2D eigenvalue weighted by Gasteiger charge is 2.35. The summed E-state index contributed by atoms with van der Waals surface area (Å²) >= 11 is 0. The normalized spacial score (nSPS) is 22.9. The smallest absolute Gasteiger partial charge is 0.164 e. The van der Waals surface area contributed by atoms with Gasteiger partial charge < -0.3 is 5.32 Å². The van der Waals surface area contributed by atoms with Crippen molar-refractivity contribution in [2.75, 3.05) is 6.54 Å². The Labute approximate surface area is 99.0 Å². The molecule has 2 atom stereocenters. The summed E-state index contributed by atoms with van der Waals surface area (Å²) < 4.78 is 40.5. The molecule has 0 radical (unpaired) electrons. The summed E-state index contributed by atoms with van der Waals surface area (Å²) in [6.07, 6.45) is 1.36. The zero-order valence-corrected chi connectivity index (χ0v) is 9.99. The zero-order valence-electron chi connectivity index (χ0n) is 9.99. The molecule has 0 saturated heterocycles. The van der Waals surface area contributed by atoms with E-state index < -0.39 is 17.5 Å². The van der Waals surface area contributed by atoms with E-state index >= 15 is 0 Å². The zero-order chi connectivity index (χ0) is 12.6. The van der Waals surface area contributed by atoms with Crippen LogP contribution in [0.4, 0.5) is 13.2 Å². The van der Waals surface area contributed by atoms with E-state index in [1.807, 2.05) is 13.8 Å². The molecule has 1 aromatic rings. The lowest BCUT2D eigenvalue weighted by Crippen LogP contribution is -2.25. The van der Waals surface area contributed by atoms with Gasteiger partial charge in [-0.1, -0.05) is 13.8 Å². The van der Waals surface area contributed by atoms with E-state index in [-0.39, 0.29) is 17.5 Å². The molecule has 2 rings (SSSR count). The summed E-state index contributed by atoms with van der Waals surface area (Å²) in [5, 5.41) is 3.16. The Morgan fingerprint density at radius 2 is 2.00 bits per heavy atom. The molecule has 0 bridgehead atoms. The Balaban J connectivity index is 2.43. The summed E-state index contributed by atoms with van der Waals surface area (Å²) in [5.74, 6) is -2.55. The van der Waals surface area contributed by atoms with Gasteiger partial charge in [0.25, 0.3) is 0 Å². The number of hydrogen-bond donors (Lipinski definition) is 1. The van der Waals surface area contributed by atoms with Gasteiger partial charge in [0, 0.05) is 17.7 Å². The molecule has 0 saturated carbocycles. The van der Waals surface area contributed by atoms with Gasteiger partial charge in [0.05, 0.1) is 0 Å². The maximum Gasteiger partial charge on any atom is 0.164 e. The molecule has 0 spiro atoms. The first-order chi connectivity index (χ1) is 8.06. The maximum absolute atomic E-state index is 13.8. The van der Waals surface area contributed by atoms with Crippen LogP contribution < -0.4 is 5.32 Å². The minimum Gasteiger partial charge on any atom is -0.310 e. The van der Waals surface area contributed by atoms with Crippen molar-refractivity contribution < 1.29 is 13.2 Å². The SMILES string of the molecule is CCCNC1c2c(F)c(F)cc(F)c2CC1C. The molecule has 1 N–H and O–H groups in total. The number of fused-ring (bicyclic) bond motifs is 1. The summed E-state index contributed by atoms with van der Waals surface area (Å²) in [5.41, 5.74) is 0.508. The van der Waals surface area contributed by atoms with Crippen LogP contribution in [0.15, 0.2) is 6.07 Å². The second kappa shape index (κ2) is 4.69. The lowest BCUT2D eigenvalue weighted by Gasteiger charge is -2.18. The molecule has 4 heteroatoms. The predicted octanol–water partition coefficient (Wildman–Crippen LogP) is 3.34. The van der Waals surface area contributed by atoms with Crippen LogP contribution in [0.2, 0.25) is 0 Å². The average Bonchev–Trinajstić information content (AvgIpc) is 2.61. The molecule has 1 aromatic carbocycles. The molecule has 1 nitrogen and oxygen atoms in total. The number of rotatable bonds is 3. The van der Waals surface area contributed by atoms with Crippen LogP contribution in [0, 0.1) is 23.4 Å². The first-order valence-electron chi connectivity index (χ1n) is 5.95. The number of benzene rings is 1. The fourth-order valence-electron chi connectivity index (χ4n) is 2.51. The van der Waals surface area contributed by atoms with Crippen molar-refractivity contribution in [1.29, 1.82) is 0 Å². The van der Waals surface area contributed by atoms with Crippen LogP contribution in [0.1, 0.15) is 37.4 Å². The third kappa shape index (κ3) is 2.06. The summed E-state index contributed by atoms with van der Waals surface area (Å²) in [6, 6.07) is 0.360. The van der Waals surface area contributed by atoms with Crippen molar-refractivity contribution in [3.8, 4) is 0 Å². The monoisotopic (exact) mass is 243 g/mol. The van der Waals surface area contributed by atoms with E-state index in [9.17, 15) is 13.2 Å². The highest BCUT2D eigenvalue weighted by molar-refractivity contribution is 5.38. The third-order valence-corrected chi connectivity index (χ3v) is 3.33. The fraction of sp³-hybridized carbons (Fsp3) is 0.538. The summed E-state index contributed by atoms with van der Waals surface area (Å²) in [6.45, 7) is 4.63. The lowest BCUT2D eigenvalue weighted by atomic mass is 10.0. The van der Waals surface area contributed by atoms with Crippen molar-refractivity contribution in [3.63, 3.8) is 0 Å². The molecule has 2 unspecified atom stereocenters. The average molecular weight is 243 g/mol. The summed E-state index contributed by atoms with van der Waals surface area (Å²) in [7, 11) is 0. The predicted molar refractivity (Wildman–Crippen MR) is 60.2 cm³/mol. The Hall–Kier alpha value is -1.03. The first kappa shape index (κ1) is 12.4. The van der Waals surface area contributed by atoms with E-state index in [4.69, 9.17) is 0 Å². The van der Waals surface area contributed by atoms with Gasteiger partial charge in [-0.15, -0.1) is 0 Å². The van der Waals surface area contributed by atoms with Crippen LogP contribution in [-0.2, 0) is 6.42 Å². The van der Waals surface area contributed by atoms with E-state index in [0.29, 0.717) is 24.6 Å². The molecule has 94 valence electrons. The minimum absolute atomic E-state index is 0.0855. The minimum atomic E-state index is -1.10. The topological polar surface area (TPSA) is 12.0 Å². The third-order valence-electron chi connectivity index (χ3n) is 3.33. The van der Waals surface area contributed by atoms with Crippen LogP contribution >= 0.6 is 0 Å². The number of hydrogen-bond acceptors (Lipinski definition) is 1. The van der Waals surface area contributed by atoms with E-state index in [1.165, 1.54) is 0 Å². The second-order valence-electron chi connectivity index (χ2n) is 4.66. The van der Waals surface area contributed by atoms with Gasteiger partial charge in [0.2, 0.25) is 0 Å².